The van der Waals surface area contributed by atoms with Crippen molar-refractivity contribution in [2.45, 2.75) is 50.9 Å². The van der Waals surface area contributed by atoms with Gasteiger partial charge < -0.3 is 19.3 Å². The number of carbonyl (C=O) groups is 1. The number of hydrogen-bond donors (Lipinski definition) is 1. The van der Waals surface area contributed by atoms with Gasteiger partial charge in [-0.15, -0.1) is 0 Å². The molecule has 0 amide bonds. The van der Waals surface area contributed by atoms with Crippen LogP contribution in [0.5, 0.6) is 5.75 Å². The molecule has 22 heavy (non-hydrogen) atoms. The number of benzene rings is 1. The van der Waals surface area contributed by atoms with Gasteiger partial charge in [-0.3, -0.25) is 0 Å². The van der Waals surface area contributed by atoms with Crippen LogP contribution in [0.25, 0.3) is 0 Å². The first-order valence-corrected chi connectivity index (χ1v) is 7.77. The molecule has 3 atom stereocenters. The summed E-state index contributed by atoms with van der Waals surface area (Å²) in [5.74, 6) is 0.388. The van der Waals surface area contributed by atoms with Gasteiger partial charge in [-0.1, -0.05) is 12.1 Å². The summed E-state index contributed by atoms with van der Waals surface area (Å²) in [6, 6.07) is 7.53. The van der Waals surface area contributed by atoms with Crippen LogP contribution >= 0.6 is 0 Å². The summed E-state index contributed by atoms with van der Waals surface area (Å²) in [4.78, 5) is 11.7. The van der Waals surface area contributed by atoms with Crippen molar-refractivity contribution in [1.29, 1.82) is 0 Å². The Labute approximate surface area is 131 Å². The van der Waals surface area contributed by atoms with Crippen LogP contribution in [-0.4, -0.2) is 43.1 Å². The highest BCUT2D eigenvalue weighted by Gasteiger charge is 2.27. The number of aliphatic hydroxyl groups is 1. The molecule has 1 aliphatic carbocycles. The first kappa shape index (κ1) is 16.8. The number of esters is 1. The van der Waals surface area contributed by atoms with Gasteiger partial charge in [0, 0.05) is 13.5 Å². The molecule has 0 aliphatic heterocycles. The molecule has 1 aromatic rings. The zero-order chi connectivity index (χ0) is 15.9. The predicted molar refractivity (Wildman–Crippen MR) is 81.8 cm³/mol. The van der Waals surface area contributed by atoms with Crippen LogP contribution < -0.4 is 4.74 Å². The van der Waals surface area contributed by atoms with Crippen molar-refractivity contribution in [2.75, 3.05) is 13.7 Å². The molecule has 2 rings (SSSR count). The normalized spacial score (nSPS) is 22.3. The predicted octanol–water partition coefficient (Wildman–Crippen LogP) is 2.10. The number of methoxy groups -OCH3 is 1. The number of aliphatic hydroxyl groups excluding tert-OH is 1. The lowest BCUT2D eigenvalue weighted by Gasteiger charge is -2.18. The summed E-state index contributed by atoms with van der Waals surface area (Å²) in [7, 11) is 1.50. The van der Waals surface area contributed by atoms with Crippen LogP contribution in [0.2, 0.25) is 0 Å². The number of carbonyl (C=O) groups excluding carboxylic acids is 1. The minimum Gasteiger partial charge on any atom is -0.488 e. The van der Waals surface area contributed by atoms with Gasteiger partial charge in [0.1, 0.15) is 11.9 Å². The summed E-state index contributed by atoms with van der Waals surface area (Å²) in [5.41, 5.74) is 0.972. The van der Waals surface area contributed by atoms with Gasteiger partial charge in [0.2, 0.25) is 0 Å². The van der Waals surface area contributed by atoms with Crippen LogP contribution in [0.3, 0.4) is 0 Å². The van der Waals surface area contributed by atoms with E-state index in [1.54, 1.807) is 6.92 Å². The Bertz CT molecular complexity index is 470. The topological polar surface area (TPSA) is 65.0 Å². The molecule has 0 heterocycles. The maximum atomic E-state index is 11.7. The SMILES string of the molecule is CCOC(=O)C(Cc1ccc(OC2CCCC2O)cc1)OC. The largest absolute Gasteiger partial charge is 0.488 e. The molecular formula is C17H24O5. The maximum Gasteiger partial charge on any atom is 0.335 e. The second-order valence-corrected chi connectivity index (χ2v) is 5.48. The fourth-order valence-electron chi connectivity index (χ4n) is 2.63. The molecule has 0 aromatic heterocycles. The van der Waals surface area contributed by atoms with Gasteiger partial charge in [-0.05, 0) is 43.9 Å². The first-order chi connectivity index (χ1) is 10.6. The van der Waals surface area contributed by atoms with Crippen molar-refractivity contribution in [3.8, 4) is 5.75 Å². The van der Waals surface area contributed by atoms with Crippen LogP contribution in [-0.2, 0) is 20.7 Å². The molecule has 122 valence electrons. The van der Waals surface area contributed by atoms with E-state index in [0.717, 1.165) is 30.6 Å². The average molecular weight is 308 g/mol. The molecule has 3 unspecified atom stereocenters. The molecule has 0 radical (unpaired) electrons. The minimum atomic E-state index is -0.594. The van der Waals surface area contributed by atoms with E-state index >= 15 is 0 Å². The average Bonchev–Trinajstić information content (AvgIpc) is 2.92. The van der Waals surface area contributed by atoms with Crippen LogP contribution in [0.15, 0.2) is 24.3 Å². The molecule has 1 fully saturated rings. The standard InChI is InChI=1S/C17H24O5/c1-3-21-17(19)16(20-2)11-12-7-9-13(10-8-12)22-15-6-4-5-14(15)18/h7-10,14-16,18H,3-6,11H2,1-2H3. The van der Waals surface area contributed by atoms with E-state index in [4.69, 9.17) is 14.2 Å². The van der Waals surface area contributed by atoms with Gasteiger partial charge in [-0.2, -0.15) is 0 Å². The molecule has 0 bridgehead atoms. The Kier molecular flexibility index (Phi) is 6.21. The van der Waals surface area contributed by atoms with Crippen LogP contribution in [0, 0.1) is 0 Å². The molecule has 1 aromatic carbocycles. The summed E-state index contributed by atoms with van der Waals surface area (Å²) in [5, 5.41) is 9.77. The number of hydrogen-bond acceptors (Lipinski definition) is 5. The zero-order valence-corrected chi connectivity index (χ0v) is 13.2. The Balaban J connectivity index is 1.92. The van der Waals surface area contributed by atoms with E-state index in [9.17, 15) is 9.90 Å². The Morgan fingerprint density at radius 2 is 2.05 bits per heavy atom. The lowest BCUT2D eigenvalue weighted by atomic mass is 10.1. The van der Waals surface area contributed by atoms with E-state index in [0.29, 0.717) is 13.0 Å². The highest BCUT2D eigenvalue weighted by Crippen LogP contribution is 2.25. The summed E-state index contributed by atoms with van der Waals surface area (Å²) in [6.45, 7) is 2.11. The number of ether oxygens (including phenoxy) is 3. The molecule has 5 heteroatoms. The van der Waals surface area contributed by atoms with Crippen molar-refractivity contribution in [1.82, 2.24) is 0 Å². The van der Waals surface area contributed by atoms with Crippen molar-refractivity contribution >= 4 is 5.97 Å². The molecule has 0 saturated heterocycles. The van der Waals surface area contributed by atoms with Gasteiger partial charge in [0.25, 0.3) is 0 Å². The molecule has 5 nitrogen and oxygen atoms in total. The highest BCUT2D eigenvalue weighted by atomic mass is 16.6. The second-order valence-electron chi connectivity index (χ2n) is 5.48. The Hall–Kier alpha value is -1.59. The lowest BCUT2D eigenvalue weighted by Crippen LogP contribution is -2.27. The van der Waals surface area contributed by atoms with Gasteiger partial charge in [0.05, 0.1) is 12.7 Å². The first-order valence-electron chi connectivity index (χ1n) is 7.77. The summed E-state index contributed by atoms with van der Waals surface area (Å²) >= 11 is 0. The third-order valence-electron chi connectivity index (χ3n) is 3.88. The third kappa shape index (κ3) is 4.45. The van der Waals surface area contributed by atoms with Crippen molar-refractivity contribution in [2.24, 2.45) is 0 Å². The molecule has 1 aliphatic rings. The Morgan fingerprint density at radius 1 is 1.32 bits per heavy atom. The van der Waals surface area contributed by atoms with Gasteiger partial charge in [0.15, 0.2) is 6.10 Å². The zero-order valence-electron chi connectivity index (χ0n) is 13.2. The second kappa shape index (κ2) is 8.15. The lowest BCUT2D eigenvalue weighted by molar-refractivity contribution is -0.154. The van der Waals surface area contributed by atoms with E-state index in [-0.39, 0.29) is 18.2 Å². The maximum absolute atomic E-state index is 11.7. The molecule has 1 N–H and O–H groups in total. The van der Waals surface area contributed by atoms with Crippen LogP contribution in [0.1, 0.15) is 31.7 Å². The Morgan fingerprint density at radius 3 is 2.59 bits per heavy atom. The molecular weight excluding hydrogens is 284 g/mol. The smallest absolute Gasteiger partial charge is 0.335 e. The minimum absolute atomic E-state index is 0.114. The highest BCUT2D eigenvalue weighted by molar-refractivity contribution is 5.75. The molecule has 1 saturated carbocycles. The third-order valence-corrected chi connectivity index (χ3v) is 3.88. The fourth-order valence-corrected chi connectivity index (χ4v) is 2.63. The van der Waals surface area contributed by atoms with E-state index in [1.807, 2.05) is 24.3 Å². The monoisotopic (exact) mass is 308 g/mol. The van der Waals surface area contributed by atoms with Gasteiger partial charge >= 0.3 is 5.97 Å². The van der Waals surface area contributed by atoms with E-state index in [1.165, 1.54) is 7.11 Å². The van der Waals surface area contributed by atoms with E-state index < -0.39 is 6.10 Å². The van der Waals surface area contributed by atoms with Crippen molar-refractivity contribution in [3.05, 3.63) is 29.8 Å². The van der Waals surface area contributed by atoms with Crippen molar-refractivity contribution in [3.63, 3.8) is 0 Å². The van der Waals surface area contributed by atoms with Gasteiger partial charge in [-0.25, -0.2) is 4.79 Å². The van der Waals surface area contributed by atoms with E-state index in [2.05, 4.69) is 0 Å². The summed E-state index contributed by atoms with van der Waals surface area (Å²) in [6.07, 6.45) is 2.07. The van der Waals surface area contributed by atoms with Crippen molar-refractivity contribution < 1.29 is 24.1 Å². The summed E-state index contributed by atoms with van der Waals surface area (Å²) < 4.78 is 15.9. The fraction of sp³-hybridized carbons (Fsp3) is 0.588. The quantitative estimate of drug-likeness (QED) is 0.782. The van der Waals surface area contributed by atoms with Crippen LogP contribution in [0.4, 0.5) is 0 Å². The molecule has 0 spiro atoms. The number of rotatable bonds is 7.